The van der Waals surface area contributed by atoms with Crippen molar-refractivity contribution in [1.82, 2.24) is 4.57 Å². The Morgan fingerprint density at radius 2 is 1.71 bits per heavy atom. The number of fused-ring (bicyclic) bond motifs is 1. The van der Waals surface area contributed by atoms with Crippen molar-refractivity contribution in [1.29, 1.82) is 0 Å². The Bertz CT molecular complexity index is 1950. The maximum absolute atomic E-state index is 14.1. The number of thiazole rings is 1. The summed E-state index contributed by atoms with van der Waals surface area (Å²) in [4.78, 5) is 32.4. The molecule has 0 bridgehead atoms. The van der Waals surface area contributed by atoms with Crippen molar-refractivity contribution in [2.75, 3.05) is 27.4 Å². The van der Waals surface area contributed by atoms with Gasteiger partial charge < -0.3 is 23.7 Å². The van der Waals surface area contributed by atoms with Crippen molar-refractivity contribution in [3.63, 3.8) is 0 Å². The van der Waals surface area contributed by atoms with E-state index in [0.717, 1.165) is 0 Å². The van der Waals surface area contributed by atoms with Gasteiger partial charge in [0.1, 0.15) is 12.4 Å². The number of carbonyl (C=O) groups excluding carboxylic acids is 1. The maximum atomic E-state index is 14.1. The Balaban J connectivity index is 1.58. The number of benzene rings is 3. The fourth-order valence-electron chi connectivity index (χ4n) is 5.05. The monoisotopic (exact) mass is 632 g/mol. The highest BCUT2D eigenvalue weighted by Gasteiger charge is 2.34. The molecule has 1 aliphatic heterocycles. The number of aromatic nitrogens is 1. The highest BCUT2D eigenvalue weighted by molar-refractivity contribution is 7.07. The summed E-state index contributed by atoms with van der Waals surface area (Å²) in [6, 6.07) is 16.1. The standard InChI is InChI=1S/C34H33FN2O7S/c1-6-42-28-18-22(13-15-25(28)40-4)31-30(33(39)43-7-2)20(3)36-34-37(31)32(38)29(45-34)17-21-12-14-26(27(16-21)41-5)44-19-23-10-8-9-11-24(23)35/h8-18,31H,6-7,19H2,1-5H3/b29-17-/t31-/m1/s1. The predicted octanol–water partition coefficient (Wildman–Crippen LogP) is 4.93. The number of hydrogen-bond acceptors (Lipinski definition) is 9. The zero-order valence-electron chi connectivity index (χ0n) is 25.6. The van der Waals surface area contributed by atoms with Crippen LogP contribution >= 0.6 is 11.3 Å². The third kappa shape index (κ3) is 6.48. The first-order chi connectivity index (χ1) is 21.8. The Morgan fingerprint density at radius 1 is 0.956 bits per heavy atom. The Labute approximate surface area is 263 Å². The Morgan fingerprint density at radius 3 is 2.42 bits per heavy atom. The molecule has 9 nitrogen and oxygen atoms in total. The summed E-state index contributed by atoms with van der Waals surface area (Å²) in [6.45, 7) is 5.91. The minimum Gasteiger partial charge on any atom is -0.493 e. The smallest absolute Gasteiger partial charge is 0.338 e. The Kier molecular flexibility index (Phi) is 9.68. The summed E-state index contributed by atoms with van der Waals surface area (Å²) >= 11 is 1.21. The van der Waals surface area contributed by atoms with Gasteiger partial charge in [-0.3, -0.25) is 9.36 Å². The van der Waals surface area contributed by atoms with Gasteiger partial charge in [0.25, 0.3) is 5.56 Å². The van der Waals surface area contributed by atoms with Gasteiger partial charge in [0.15, 0.2) is 27.8 Å². The highest BCUT2D eigenvalue weighted by atomic mass is 32.1. The van der Waals surface area contributed by atoms with Gasteiger partial charge in [-0.05, 0) is 68.3 Å². The number of esters is 1. The van der Waals surface area contributed by atoms with Crippen molar-refractivity contribution in [3.8, 4) is 23.0 Å². The number of hydrogen-bond donors (Lipinski definition) is 0. The van der Waals surface area contributed by atoms with Gasteiger partial charge in [-0.1, -0.05) is 41.7 Å². The van der Waals surface area contributed by atoms with E-state index in [2.05, 4.69) is 4.99 Å². The number of halogens is 1. The zero-order valence-corrected chi connectivity index (χ0v) is 26.4. The molecule has 1 aromatic heterocycles. The fraction of sp³-hybridized carbons (Fsp3) is 0.265. The van der Waals surface area contributed by atoms with E-state index in [1.165, 1.54) is 29.1 Å². The third-order valence-corrected chi connectivity index (χ3v) is 8.13. The average Bonchev–Trinajstić information content (AvgIpc) is 3.34. The van der Waals surface area contributed by atoms with Crippen molar-refractivity contribution in [2.24, 2.45) is 4.99 Å². The molecule has 45 heavy (non-hydrogen) atoms. The van der Waals surface area contributed by atoms with Crippen LogP contribution in [0.3, 0.4) is 0 Å². The molecule has 234 valence electrons. The molecule has 2 heterocycles. The van der Waals surface area contributed by atoms with Crippen LogP contribution in [0, 0.1) is 5.82 Å². The number of methoxy groups -OCH3 is 2. The lowest BCUT2D eigenvalue weighted by atomic mass is 9.95. The van der Waals surface area contributed by atoms with Crippen LogP contribution in [-0.4, -0.2) is 38.0 Å². The van der Waals surface area contributed by atoms with Crippen molar-refractivity contribution >= 4 is 23.4 Å². The summed E-state index contributed by atoms with van der Waals surface area (Å²) in [6.07, 6.45) is 1.73. The van der Waals surface area contributed by atoms with Crippen LogP contribution in [0.5, 0.6) is 23.0 Å². The lowest BCUT2D eigenvalue weighted by Crippen LogP contribution is -2.40. The molecule has 0 saturated heterocycles. The summed E-state index contributed by atoms with van der Waals surface area (Å²) in [5, 5.41) is 0. The first-order valence-corrected chi connectivity index (χ1v) is 15.2. The highest BCUT2D eigenvalue weighted by Crippen LogP contribution is 2.36. The van der Waals surface area contributed by atoms with E-state index < -0.39 is 12.0 Å². The van der Waals surface area contributed by atoms with Gasteiger partial charge >= 0.3 is 5.97 Å². The van der Waals surface area contributed by atoms with E-state index in [4.69, 9.17) is 23.7 Å². The van der Waals surface area contributed by atoms with E-state index >= 15 is 0 Å². The second-order valence-electron chi connectivity index (χ2n) is 9.94. The molecule has 4 aromatic rings. The van der Waals surface area contributed by atoms with E-state index in [1.807, 2.05) is 6.92 Å². The third-order valence-electron chi connectivity index (χ3n) is 7.15. The van der Waals surface area contributed by atoms with E-state index in [9.17, 15) is 14.0 Å². The number of allylic oxidation sites excluding steroid dienone is 1. The maximum Gasteiger partial charge on any atom is 0.338 e. The SMILES string of the molecule is CCOC(=O)C1=C(C)N=c2s/c(=C\c3ccc(OCc4ccccc4F)c(OC)c3)c(=O)n2[C@@H]1c1ccc(OC)c(OCC)c1. The number of nitrogens with zero attached hydrogens (tertiary/aromatic N) is 2. The quantitative estimate of drug-likeness (QED) is 0.216. The number of ether oxygens (including phenoxy) is 5. The van der Waals surface area contributed by atoms with Gasteiger partial charge in [0.05, 0.1) is 49.3 Å². The molecule has 11 heteroatoms. The molecule has 5 rings (SSSR count). The first-order valence-electron chi connectivity index (χ1n) is 14.3. The van der Waals surface area contributed by atoms with Crippen molar-refractivity contribution in [2.45, 2.75) is 33.4 Å². The minimum atomic E-state index is -0.809. The minimum absolute atomic E-state index is 0.0273. The van der Waals surface area contributed by atoms with E-state index in [-0.39, 0.29) is 30.2 Å². The molecule has 0 aliphatic carbocycles. The number of rotatable bonds is 11. The van der Waals surface area contributed by atoms with Crippen LogP contribution in [-0.2, 0) is 16.1 Å². The predicted molar refractivity (Wildman–Crippen MR) is 168 cm³/mol. The lowest BCUT2D eigenvalue weighted by molar-refractivity contribution is -0.139. The van der Waals surface area contributed by atoms with Crippen LogP contribution in [0.1, 0.15) is 43.5 Å². The van der Waals surface area contributed by atoms with Crippen LogP contribution in [0.4, 0.5) is 4.39 Å². The molecular formula is C34H33FN2O7S. The molecule has 0 spiro atoms. The molecule has 0 saturated carbocycles. The molecule has 3 aromatic carbocycles. The molecule has 1 aliphatic rings. The molecule has 0 unspecified atom stereocenters. The average molecular weight is 633 g/mol. The van der Waals surface area contributed by atoms with Gasteiger partial charge in [-0.25, -0.2) is 14.2 Å². The molecule has 0 amide bonds. The zero-order chi connectivity index (χ0) is 32.1. The Hall–Kier alpha value is -4.90. The summed E-state index contributed by atoms with van der Waals surface area (Å²) in [5.41, 5.74) is 2.13. The van der Waals surface area contributed by atoms with Crippen LogP contribution in [0.15, 0.2) is 81.7 Å². The topological polar surface area (TPSA) is 97.6 Å². The second kappa shape index (κ2) is 13.8. The second-order valence-corrected chi connectivity index (χ2v) is 10.9. The van der Waals surface area contributed by atoms with Crippen LogP contribution in [0.25, 0.3) is 6.08 Å². The summed E-state index contributed by atoms with van der Waals surface area (Å²) in [7, 11) is 3.06. The molecule has 0 radical (unpaired) electrons. The van der Waals surface area contributed by atoms with E-state index in [0.29, 0.717) is 61.3 Å². The number of carbonyl (C=O) groups is 1. The normalized spacial score (nSPS) is 14.4. The molecule has 0 N–H and O–H groups in total. The summed E-state index contributed by atoms with van der Waals surface area (Å²) < 4.78 is 44.0. The fourth-order valence-corrected chi connectivity index (χ4v) is 6.10. The van der Waals surface area contributed by atoms with Gasteiger partial charge in [-0.15, -0.1) is 0 Å². The van der Waals surface area contributed by atoms with Crippen molar-refractivity contribution < 1.29 is 32.9 Å². The van der Waals surface area contributed by atoms with E-state index in [1.54, 1.807) is 81.6 Å². The lowest BCUT2D eigenvalue weighted by Gasteiger charge is -2.25. The van der Waals surface area contributed by atoms with Crippen molar-refractivity contribution in [3.05, 3.63) is 114 Å². The molecule has 1 atom stereocenters. The largest absolute Gasteiger partial charge is 0.493 e. The first kappa shape index (κ1) is 31.5. The van der Waals surface area contributed by atoms with Gasteiger partial charge in [-0.2, -0.15) is 0 Å². The molecule has 0 fully saturated rings. The van der Waals surface area contributed by atoms with Gasteiger partial charge in [0, 0.05) is 5.56 Å². The van der Waals surface area contributed by atoms with Gasteiger partial charge in [0.2, 0.25) is 0 Å². The molecular weight excluding hydrogens is 599 g/mol. The van der Waals surface area contributed by atoms with Crippen LogP contribution < -0.4 is 33.8 Å². The summed E-state index contributed by atoms with van der Waals surface area (Å²) in [5.74, 6) is 0.962. The van der Waals surface area contributed by atoms with Crippen LogP contribution in [0.2, 0.25) is 0 Å².